The van der Waals surface area contributed by atoms with E-state index in [1.807, 2.05) is 12.1 Å². The Morgan fingerprint density at radius 1 is 1.14 bits per heavy atom. The van der Waals surface area contributed by atoms with Crippen LogP contribution in [-0.2, 0) is 17.1 Å². The van der Waals surface area contributed by atoms with Crippen molar-refractivity contribution in [3.05, 3.63) is 59.0 Å². The number of aryl methyl sites for hydroxylation is 1. The summed E-state index contributed by atoms with van der Waals surface area (Å²) in [6.45, 7) is 1.03. The minimum Gasteiger partial charge on any atom is -0.351 e. The van der Waals surface area contributed by atoms with E-state index in [2.05, 4.69) is 19.7 Å². The molecular formula is C20H23N5O3S. The standard InChI is InChI=1S/C20H23N5O3S/c1-24-19(26)11-10-18(23-24)25-13-3-2-8-16(25)14-22-29(27,28)17-9-4-6-15-7-5-12-21-20(15)17/h4-7,9-12,16,22H,2-3,8,13-14H2,1H3. The van der Waals surface area contributed by atoms with Crippen molar-refractivity contribution in [1.29, 1.82) is 0 Å². The van der Waals surface area contributed by atoms with Crippen LogP contribution in [0.25, 0.3) is 10.9 Å². The van der Waals surface area contributed by atoms with E-state index in [1.54, 1.807) is 37.5 Å². The van der Waals surface area contributed by atoms with Crippen LogP contribution < -0.4 is 15.2 Å². The van der Waals surface area contributed by atoms with Crippen LogP contribution >= 0.6 is 0 Å². The number of pyridine rings is 1. The molecule has 1 atom stereocenters. The monoisotopic (exact) mass is 413 g/mol. The fraction of sp³-hybridized carbons (Fsp3) is 0.350. The molecule has 0 saturated carbocycles. The van der Waals surface area contributed by atoms with Gasteiger partial charge >= 0.3 is 0 Å². The summed E-state index contributed by atoms with van der Waals surface area (Å²) in [5.41, 5.74) is 0.286. The quantitative estimate of drug-likeness (QED) is 0.683. The summed E-state index contributed by atoms with van der Waals surface area (Å²) in [7, 11) is -2.11. The van der Waals surface area contributed by atoms with Crippen LogP contribution in [0.4, 0.5) is 5.82 Å². The molecule has 1 fully saturated rings. The highest BCUT2D eigenvalue weighted by molar-refractivity contribution is 7.89. The SMILES string of the molecule is Cn1nc(N2CCCCC2CNS(=O)(=O)c2cccc3cccnc23)ccc1=O. The molecule has 1 saturated heterocycles. The highest BCUT2D eigenvalue weighted by Crippen LogP contribution is 2.24. The first-order chi connectivity index (χ1) is 14.0. The van der Waals surface area contributed by atoms with Crippen molar-refractivity contribution in [2.45, 2.75) is 30.2 Å². The predicted molar refractivity (Wildman–Crippen MR) is 111 cm³/mol. The normalized spacial score (nSPS) is 17.6. The maximum atomic E-state index is 13.0. The summed E-state index contributed by atoms with van der Waals surface area (Å²) in [5, 5.41) is 5.11. The lowest BCUT2D eigenvalue weighted by atomic mass is 10.0. The minimum absolute atomic E-state index is 0.0357. The van der Waals surface area contributed by atoms with Crippen LogP contribution in [0.3, 0.4) is 0 Å². The van der Waals surface area contributed by atoms with Gasteiger partial charge < -0.3 is 4.90 Å². The van der Waals surface area contributed by atoms with Gasteiger partial charge in [-0.3, -0.25) is 9.78 Å². The molecule has 3 heterocycles. The molecule has 0 radical (unpaired) electrons. The van der Waals surface area contributed by atoms with Gasteiger partial charge in [0.1, 0.15) is 10.7 Å². The molecule has 1 aromatic carbocycles. The molecule has 2 aromatic heterocycles. The Bertz CT molecular complexity index is 1190. The molecular weight excluding hydrogens is 390 g/mol. The summed E-state index contributed by atoms with van der Waals surface area (Å²) >= 11 is 0. The van der Waals surface area contributed by atoms with Crippen molar-refractivity contribution in [3.8, 4) is 0 Å². The Labute approximate surface area is 169 Å². The van der Waals surface area contributed by atoms with E-state index in [9.17, 15) is 13.2 Å². The average molecular weight is 414 g/mol. The number of nitrogens with one attached hydrogen (secondary N) is 1. The molecule has 1 N–H and O–H groups in total. The Hall–Kier alpha value is -2.78. The molecule has 1 unspecified atom stereocenters. The fourth-order valence-electron chi connectivity index (χ4n) is 3.73. The van der Waals surface area contributed by atoms with Gasteiger partial charge in [-0.05, 0) is 37.5 Å². The smallest absolute Gasteiger partial charge is 0.266 e. The lowest BCUT2D eigenvalue weighted by Crippen LogP contribution is -2.47. The van der Waals surface area contributed by atoms with E-state index in [0.29, 0.717) is 11.3 Å². The fourth-order valence-corrected chi connectivity index (χ4v) is 4.98. The van der Waals surface area contributed by atoms with Crippen molar-refractivity contribution in [2.24, 2.45) is 7.05 Å². The second-order valence-corrected chi connectivity index (χ2v) is 8.91. The molecule has 8 nitrogen and oxygen atoms in total. The van der Waals surface area contributed by atoms with Crippen molar-refractivity contribution < 1.29 is 8.42 Å². The van der Waals surface area contributed by atoms with Crippen molar-refractivity contribution in [1.82, 2.24) is 19.5 Å². The first-order valence-corrected chi connectivity index (χ1v) is 11.1. The Morgan fingerprint density at radius 3 is 2.79 bits per heavy atom. The van der Waals surface area contributed by atoms with E-state index in [0.717, 1.165) is 31.2 Å². The number of para-hydroxylation sites is 1. The van der Waals surface area contributed by atoms with Crippen LogP contribution in [-0.4, -0.2) is 42.3 Å². The lowest BCUT2D eigenvalue weighted by molar-refractivity contribution is 0.446. The van der Waals surface area contributed by atoms with Gasteiger partial charge in [-0.25, -0.2) is 17.8 Å². The van der Waals surface area contributed by atoms with Gasteiger partial charge in [0.25, 0.3) is 5.56 Å². The molecule has 4 rings (SSSR count). The highest BCUT2D eigenvalue weighted by Gasteiger charge is 2.27. The topological polar surface area (TPSA) is 97.2 Å². The third kappa shape index (κ3) is 4.01. The number of rotatable bonds is 5. The number of anilines is 1. The number of hydrogen-bond donors (Lipinski definition) is 1. The molecule has 3 aromatic rings. The third-order valence-electron chi connectivity index (χ3n) is 5.26. The summed E-state index contributed by atoms with van der Waals surface area (Å²) in [5.74, 6) is 0.683. The molecule has 1 aliphatic heterocycles. The molecule has 9 heteroatoms. The predicted octanol–water partition coefficient (Wildman–Crippen LogP) is 1.67. The van der Waals surface area contributed by atoms with Gasteiger partial charge in [0, 0.05) is 43.8 Å². The summed E-state index contributed by atoms with van der Waals surface area (Å²) < 4.78 is 30.1. The lowest BCUT2D eigenvalue weighted by Gasteiger charge is -2.36. The van der Waals surface area contributed by atoms with Gasteiger partial charge in [0.05, 0.1) is 5.52 Å². The zero-order valence-electron chi connectivity index (χ0n) is 16.2. The number of nitrogens with zero attached hydrogens (tertiary/aromatic N) is 4. The van der Waals surface area contributed by atoms with Gasteiger partial charge in [-0.2, -0.15) is 5.10 Å². The van der Waals surface area contributed by atoms with E-state index in [-0.39, 0.29) is 23.0 Å². The van der Waals surface area contributed by atoms with Gasteiger partial charge in [0.2, 0.25) is 10.0 Å². The van der Waals surface area contributed by atoms with Crippen molar-refractivity contribution >= 4 is 26.7 Å². The van der Waals surface area contributed by atoms with E-state index >= 15 is 0 Å². The molecule has 0 amide bonds. The zero-order valence-corrected chi connectivity index (χ0v) is 17.0. The molecule has 0 spiro atoms. The summed E-state index contributed by atoms with van der Waals surface area (Å²) in [6, 6.07) is 11.9. The maximum absolute atomic E-state index is 13.0. The Balaban J connectivity index is 1.57. The van der Waals surface area contributed by atoms with Crippen LogP contribution in [0.15, 0.2) is 58.4 Å². The van der Waals surface area contributed by atoms with E-state index < -0.39 is 10.0 Å². The number of fused-ring (bicyclic) bond motifs is 1. The van der Waals surface area contributed by atoms with Crippen LogP contribution in [0, 0.1) is 0 Å². The number of benzene rings is 1. The molecule has 0 bridgehead atoms. The molecule has 152 valence electrons. The van der Waals surface area contributed by atoms with E-state index in [4.69, 9.17) is 0 Å². The van der Waals surface area contributed by atoms with Crippen molar-refractivity contribution in [2.75, 3.05) is 18.0 Å². The number of piperidine rings is 1. The number of aromatic nitrogens is 3. The first kappa shape index (κ1) is 19.5. The largest absolute Gasteiger partial charge is 0.351 e. The number of hydrogen-bond acceptors (Lipinski definition) is 6. The summed E-state index contributed by atoms with van der Waals surface area (Å²) in [6.07, 6.45) is 4.46. The van der Waals surface area contributed by atoms with Gasteiger partial charge in [-0.1, -0.05) is 18.2 Å². The Morgan fingerprint density at radius 2 is 1.97 bits per heavy atom. The second-order valence-electron chi connectivity index (χ2n) is 7.18. The van der Waals surface area contributed by atoms with Crippen LogP contribution in [0.5, 0.6) is 0 Å². The Kier molecular flexibility index (Phi) is 5.33. The van der Waals surface area contributed by atoms with Crippen molar-refractivity contribution in [3.63, 3.8) is 0 Å². The third-order valence-corrected chi connectivity index (χ3v) is 6.72. The van der Waals surface area contributed by atoms with Crippen LogP contribution in [0.1, 0.15) is 19.3 Å². The van der Waals surface area contributed by atoms with Gasteiger partial charge in [-0.15, -0.1) is 0 Å². The van der Waals surface area contributed by atoms with E-state index in [1.165, 1.54) is 10.7 Å². The first-order valence-electron chi connectivity index (χ1n) is 9.60. The molecule has 1 aliphatic rings. The maximum Gasteiger partial charge on any atom is 0.266 e. The average Bonchev–Trinajstić information content (AvgIpc) is 2.74. The molecule has 29 heavy (non-hydrogen) atoms. The second kappa shape index (κ2) is 7.92. The highest BCUT2D eigenvalue weighted by atomic mass is 32.2. The minimum atomic E-state index is -3.72. The molecule has 0 aliphatic carbocycles. The van der Waals surface area contributed by atoms with Crippen LogP contribution in [0.2, 0.25) is 0 Å². The van der Waals surface area contributed by atoms with Gasteiger partial charge in [0.15, 0.2) is 0 Å². The zero-order chi connectivity index (χ0) is 20.4. The number of sulfonamides is 1. The summed E-state index contributed by atoms with van der Waals surface area (Å²) in [4.78, 5) is 18.1.